The van der Waals surface area contributed by atoms with Crippen molar-refractivity contribution in [3.8, 4) is 33.4 Å². The molecule has 2 aliphatic carbocycles. The van der Waals surface area contributed by atoms with Gasteiger partial charge < -0.3 is 4.90 Å². The predicted octanol–water partition coefficient (Wildman–Crippen LogP) is 12.1. The minimum atomic E-state index is 0.733. The highest BCUT2D eigenvalue weighted by Gasteiger charge is 2.40. The van der Waals surface area contributed by atoms with Gasteiger partial charge in [0.15, 0.2) is 0 Å². The third-order valence-electron chi connectivity index (χ3n) is 9.98. The fourth-order valence-corrected chi connectivity index (χ4v) is 7.80. The Hall–Kier alpha value is -4.88. The lowest BCUT2D eigenvalue weighted by molar-refractivity contribution is 0.420. The molecule has 0 heterocycles. The van der Waals surface area contributed by atoms with Gasteiger partial charge in [0.25, 0.3) is 0 Å². The highest BCUT2D eigenvalue weighted by Crippen LogP contribution is 2.53. The van der Waals surface area contributed by atoms with Crippen LogP contribution in [0.25, 0.3) is 33.4 Å². The molecule has 44 heavy (non-hydrogen) atoms. The van der Waals surface area contributed by atoms with Gasteiger partial charge in [0.1, 0.15) is 0 Å². The van der Waals surface area contributed by atoms with Crippen molar-refractivity contribution >= 4 is 17.1 Å². The highest BCUT2D eigenvalue weighted by molar-refractivity contribution is 5.89. The molecule has 0 aliphatic heterocycles. The fourth-order valence-electron chi connectivity index (χ4n) is 7.80. The molecule has 2 saturated carbocycles. The summed E-state index contributed by atoms with van der Waals surface area (Å²) in [4.78, 5) is 2.42. The quantitative estimate of drug-likeness (QED) is 0.185. The van der Waals surface area contributed by atoms with Crippen LogP contribution in [0, 0.1) is 11.8 Å². The van der Waals surface area contributed by atoms with Crippen molar-refractivity contribution in [2.24, 2.45) is 11.8 Å². The molecular weight excluding hydrogens is 530 g/mol. The van der Waals surface area contributed by atoms with Gasteiger partial charge >= 0.3 is 0 Å². The minimum absolute atomic E-state index is 0.733. The molecule has 0 N–H and O–H groups in total. The maximum absolute atomic E-state index is 2.42. The summed E-state index contributed by atoms with van der Waals surface area (Å²) < 4.78 is 0. The Balaban J connectivity index is 1.23. The van der Waals surface area contributed by atoms with Crippen molar-refractivity contribution in [3.63, 3.8) is 0 Å². The summed E-state index contributed by atoms with van der Waals surface area (Å²) >= 11 is 0. The summed E-state index contributed by atoms with van der Waals surface area (Å²) in [6, 6.07) is 57.6. The maximum Gasteiger partial charge on any atom is 0.0468 e. The number of hydrogen-bond acceptors (Lipinski definition) is 1. The van der Waals surface area contributed by atoms with Crippen molar-refractivity contribution < 1.29 is 0 Å². The first-order valence-electron chi connectivity index (χ1n) is 16.1. The van der Waals surface area contributed by atoms with Crippen LogP contribution in [0.2, 0.25) is 0 Å². The monoisotopic (exact) mass is 567 g/mol. The Morgan fingerprint density at radius 2 is 0.932 bits per heavy atom. The van der Waals surface area contributed by atoms with E-state index in [2.05, 4.69) is 163 Å². The van der Waals surface area contributed by atoms with Crippen molar-refractivity contribution in [1.29, 1.82) is 0 Å². The van der Waals surface area contributed by atoms with Gasteiger partial charge in [-0.25, -0.2) is 0 Å². The van der Waals surface area contributed by atoms with Gasteiger partial charge in [0.2, 0.25) is 0 Å². The summed E-state index contributed by atoms with van der Waals surface area (Å²) in [6.07, 6.45) is 5.65. The maximum atomic E-state index is 2.42. The van der Waals surface area contributed by atoms with E-state index in [1.165, 1.54) is 70.3 Å². The van der Waals surface area contributed by atoms with Gasteiger partial charge in [-0.3, -0.25) is 0 Å². The Morgan fingerprint density at radius 3 is 1.50 bits per heavy atom. The van der Waals surface area contributed by atoms with E-state index in [1.807, 2.05) is 0 Å². The average Bonchev–Trinajstić information content (AvgIpc) is 3.75. The van der Waals surface area contributed by atoms with E-state index in [0.717, 1.165) is 29.1 Å². The minimum Gasteiger partial charge on any atom is -0.310 e. The molecule has 0 saturated heterocycles. The van der Waals surface area contributed by atoms with E-state index in [4.69, 9.17) is 0 Å². The van der Waals surface area contributed by atoms with Crippen molar-refractivity contribution in [1.82, 2.24) is 0 Å². The van der Waals surface area contributed by atoms with Gasteiger partial charge in [0.05, 0.1) is 0 Å². The lowest BCUT2D eigenvalue weighted by atomic mass is 9.83. The topological polar surface area (TPSA) is 3.24 Å². The van der Waals surface area contributed by atoms with Crippen LogP contribution < -0.4 is 4.90 Å². The summed E-state index contributed by atoms with van der Waals surface area (Å²) in [5, 5.41) is 0. The van der Waals surface area contributed by atoms with Gasteiger partial charge in [-0.05, 0) is 112 Å². The molecule has 214 valence electrons. The second kappa shape index (κ2) is 11.7. The van der Waals surface area contributed by atoms with E-state index in [1.54, 1.807) is 0 Å². The molecule has 2 bridgehead atoms. The summed E-state index contributed by atoms with van der Waals surface area (Å²) in [5.41, 5.74) is 12.4. The Morgan fingerprint density at radius 1 is 0.409 bits per heavy atom. The normalized spacial score (nSPS) is 18.8. The third kappa shape index (κ3) is 5.13. The zero-order valence-corrected chi connectivity index (χ0v) is 25.0. The number of benzene rings is 6. The van der Waals surface area contributed by atoms with Gasteiger partial charge in [-0.15, -0.1) is 0 Å². The third-order valence-corrected chi connectivity index (χ3v) is 9.98. The SMILES string of the molecule is c1ccc(-c2ccc(N(c3ccc(C4CC5CCC4C5)cc3)c3ccc(-c4ccccc4)c(-c4ccccc4)c3)cc2)cc1. The molecule has 8 rings (SSSR count). The molecule has 2 fully saturated rings. The standard InChI is InChI=1S/C43H37N/c1-4-10-32(11-5-1)33-18-22-38(23-19-33)44(39-24-20-36(21-25-39)42-29-31-16-17-37(42)28-31)40-26-27-41(34-12-6-2-7-13-34)43(30-40)35-14-8-3-9-15-35/h1-15,18-27,30-31,37,42H,16-17,28-29H2. The Kier molecular flexibility index (Phi) is 7.08. The largest absolute Gasteiger partial charge is 0.310 e. The molecule has 6 aromatic rings. The van der Waals surface area contributed by atoms with Crippen LogP contribution in [0.4, 0.5) is 17.1 Å². The summed E-state index contributed by atoms with van der Waals surface area (Å²) in [6.45, 7) is 0. The van der Waals surface area contributed by atoms with Crippen LogP contribution in [0.1, 0.15) is 37.2 Å². The van der Waals surface area contributed by atoms with E-state index < -0.39 is 0 Å². The lowest BCUT2D eigenvalue weighted by Gasteiger charge is -2.28. The van der Waals surface area contributed by atoms with Crippen LogP contribution in [0.3, 0.4) is 0 Å². The van der Waals surface area contributed by atoms with Crippen molar-refractivity contribution in [2.75, 3.05) is 4.90 Å². The molecule has 0 radical (unpaired) electrons. The van der Waals surface area contributed by atoms with Crippen molar-refractivity contribution in [2.45, 2.75) is 31.6 Å². The first kappa shape index (κ1) is 26.7. The number of nitrogens with zero attached hydrogens (tertiary/aromatic N) is 1. The molecule has 3 unspecified atom stereocenters. The second-order valence-corrected chi connectivity index (χ2v) is 12.6. The molecule has 0 aromatic heterocycles. The van der Waals surface area contributed by atoms with Crippen molar-refractivity contribution in [3.05, 3.63) is 163 Å². The number of anilines is 3. The lowest BCUT2D eigenvalue weighted by Crippen LogP contribution is -2.12. The van der Waals surface area contributed by atoms with Crippen LogP contribution in [-0.2, 0) is 0 Å². The molecule has 3 atom stereocenters. The Bertz CT molecular complexity index is 1840. The zero-order valence-electron chi connectivity index (χ0n) is 25.0. The number of rotatable bonds is 7. The van der Waals surface area contributed by atoms with E-state index >= 15 is 0 Å². The first-order chi connectivity index (χ1) is 21.8. The molecule has 0 spiro atoms. The molecular formula is C43H37N. The highest BCUT2D eigenvalue weighted by atomic mass is 15.1. The second-order valence-electron chi connectivity index (χ2n) is 12.6. The van der Waals surface area contributed by atoms with E-state index in [-0.39, 0.29) is 0 Å². The smallest absolute Gasteiger partial charge is 0.0468 e. The first-order valence-corrected chi connectivity index (χ1v) is 16.1. The fraction of sp³-hybridized carbons (Fsp3) is 0.163. The van der Waals surface area contributed by atoms with E-state index in [9.17, 15) is 0 Å². The molecule has 1 nitrogen and oxygen atoms in total. The van der Waals surface area contributed by atoms with Gasteiger partial charge in [-0.2, -0.15) is 0 Å². The number of hydrogen-bond donors (Lipinski definition) is 0. The summed E-state index contributed by atoms with van der Waals surface area (Å²) in [5.74, 6) is 2.56. The molecule has 6 aromatic carbocycles. The average molecular weight is 568 g/mol. The van der Waals surface area contributed by atoms with E-state index in [0.29, 0.717) is 0 Å². The van der Waals surface area contributed by atoms with Gasteiger partial charge in [-0.1, -0.05) is 128 Å². The van der Waals surface area contributed by atoms with Crippen LogP contribution >= 0.6 is 0 Å². The zero-order chi connectivity index (χ0) is 29.3. The predicted molar refractivity (Wildman–Crippen MR) is 186 cm³/mol. The summed E-state index contributed by atoms with van der Waals surface area (Å²) in [7, 11) is 0. The number of fused-ring (bicyclic) bond motifs is 2. The Labute approximate surface area is 261 Å². The van der Waals surface area contributed by atoms with Crippen LogP contribution in [-0.4, -0.2) is 0 Å². The molecule has 2 aliphatic rings. The van der Waals surface area contributed by atoms with Crippen LogP contribution in [0.5, 0.6) is 0 Å². The molecule has 1 heteroatoms. The van der Waals surface area contributed by atoms with Crippen LogP contribution in [0.15, 0.2) is 158 Å². The van der Waals surface area contributed by atoms with Gasteiger partial charge in [0, 0.05) is 17.1 Å². The molecule has 0 amide bonds.